The van der Waals surface area contributed by atoms with E-state index in [2.05, 4.69) is 33.7 Å². The molecule has 3 rings (SSSR count). The summed E-state index contributed by atoms with van der Waals surface area (Å²) in [5.41, 5.74) is 2.30. The van der Waals surface area contributed by atoms with Crippen molar-refractivity contribution in [2.45, 2.75) is 31.5 Å². The lowest BCUT2D eigenvalue weighted by Crippen LogP contribution is -2.22. The number of likely N-dealkylation sites (tertiary alicyclic amines) is 1. The van der Waals surface area contributed by atoms with Crippen LogP contribution in [0.1, 0.15) is 19.8 Å². The van der Waals surface area contributed by atoms with Crippen molar-refractivity contribution >= 4 is 22.8 Å². The number of aromatic nitrogens is 2. The van der Waals surface area contributed by atoms with E-state index < -0.39 is 0 Å². The summed E-state index contributed by atoms with van der Waals surface area (Å²) in [6, 6.07) is 8.39. The molecular weight excluding hydrogens is 294 g/mol. The number of para-hydroxylation sites is 2. The predicted molar refractivity (Wildman–Crippen MR) is 92.6 cm³/mol. The number of nitrogens with zero attached hydrogens (tertiary/aromatic N) is 3. The van der Waals surface area contributed by atoms with Crippen LogP contribution >= 0.6 is 11.8 Å². The lowest BCUT2D eigenvalue weighted by atomic mass is 10.3. The van der Waals surface area contributed by atoms with Crippen LogP contribution in [0.5, 0.6) is 0 Å². The SMILES string of the molecule is CCOCCn1c(SCCN2CCCC2)nc2ccccc21. The maximum Gasteiger partial charge on any atom is 0.169 e. The molecular formula is C17H25N3OS. The summed E-state index contributed by atoms with van der Waals surface area (Å²) in [5.74, 6) is 1.11. The van der Waals surface area contributed by atoms with E-state index in [-0.39, 0.29) is 0 Å². The van der Waals surface area contributed by atoms with Crippen LogP contribution in [0.3, 0.4) is 0 Å². The van der Waals surface area contributed by atoms with Gasteiger partial charge < -0.3 is 14.2 Å². The van der Waals surface area contributed by atoms with E-state index >= 15 is 0 Å². The van der Waals surface area contributed by atoms with E-state index in [0.717, 1.165) is 36.2 Å². The number of rotatable bonds is 8. The second kappa shape index (κ2) is 7.99. The molecule has 2 heterocycles. The highest BCUT2D eigenvalue weighted by molar-refractivity contribution is 7.99. The smallest absolute Gasteiger partial charge is 0.169 e. The van der Waals surface area contributed by atoms with Crippen molar-refractivity contribution in [1.82, 2.24) is 14.5 Å². The number of ether oxygens (including phenoxy) is 1. The summed E-state index contributed by atoms with van der Waals surface area (Å²) < 4.78 is 7.84. The van der Waals surface area contributed by atoms with Crippen LogP contribution < -0.4 is 0 Å². The highest BCUT2D eigenvalue weighted by Crippen LogP contribution is 2.24. The van der Waals surface area contributed by atoms with Crippen molar-refractivity contribution in [3.63, 3.8) is 0 Å². The molecule has 120 valence electrons. The van der Waals surface area contributed by atoms with Gasteiger partial charge >= 0.3 is 0 Å². The van der Waals surface area contributed by atoms with Gasteiger partial charge in [-0.15, -0.1) is 0 Å². The Labute approximate surface area is 136 Å². The van der Waals surface area contributed by atoms with E-state index in [1.54, 1.807) is 0 Å². The fraction of sp³-hybridized carbons (Fsp3) is 0.588. The highest BCUT2D eigenvalue weighted by Gasteiger charge is 2.13. The van der Waals surface area contributed by atoms with E-state index in [0.29, 0.717) is 0 Å². The molecule has 1 aromatic carbocycles. The second-order valence-electron chi connectivity index (χ2n) is 5.63. The Morgan fingerprint density at radius 3 is 2.82 bits per heavy atom. The summed E-state index contributed by atoms with van der Waals surface area (Å²) in [7, 11) is 0. The Morgan fingerprint density at radius 1 is 1.18 bits per heavy atom. The van der Waals surface area contributed by atoms with Crippen LogP contribution in [0.25, 0.3) is 11.0 Å². The molecule has 0 spiro atoms. The summed E-state index contributed by atoms with van der Waals surface area (Å²) >= 11 is 1.87. The number of hydrogen-bond donors (Lipinski definition) is 0. The first-order valence-corrected chi connectivity index (χ1v) is 9.25. The topological polar surface area (TPSA) is 30.3 Å². The van der Waals surface area contributed by atoms with Gasteiger partial charge in [0.25, 0.3) is 0 Å². The number of thioether (sulfide) groups is 1. The Morgan fingerprint density at radius 2 is 2.00 bits per heavy atom. The van der Waals surface area contributed by atoms with Crippen LogP contribution in [0.15, 0.2) is 29.4 Å². The first kappa shape index (κ1) is 15.8. The zero-order chi connectivity index (χ0) is 15.2. The minimum Gasteiger partial charge on any atom is -0.380 e. The van der Waals surface area contributed by atoms with Gasteiger partial charge in [0.1, 0.15) is 0 Å². The minimum absolute atomic E-state index is 0.747. The molecule has 5 heteroatoms. The predicted octanol–water partition coefficient (Wildman–Crippen LogP) is 3.26. The molecule has 0 saturated carbocycles. The highest BCUT2D eigenvalue weighted by atomic mass is 32.2. The van der Waals surface area contributed by atoms with Gasteiger partial charge in [0, 0.05) is 25.4 Å². The third-order valence-electron chi connectivity index (χ3n) is 4.12. The van der Waals surface area contributed by atoms with Crippen LogP contribution in [0.4, 0.5) is 0 Å². The average molecular weight is 319 g/mol. The summed E-state index contributed by atoms with van der Waals surface area (Å²) in [6.45, 7) is 8.13. The third kappa shape index (κ3) is 3.83. The van der Waals surface area contributed by atoms with Gasteiger partial charge in [0.05, 0.1) is 17.6 Å². The molecule has 0 radical (unpaired) electrons. The van der Waals surface area contributed by atoms with Crippen LogP contribution in [-0.4, -0.2) is 53.1 Å². The van der Waals surface area contributed by atoms with Gasteiger partial charge in [0.15, 0.2) is 5.16 Å². The van der Waals surface area contributed by atoms with Crippen LogP contribution in [0.2, 0.25) is 0 Å². The quantitative estimate of drug-likeness (QED) is 0.552. The third-order valence-corrected chi connectivity index (χ3v) is 5.08. The molecule has 0 amide bonds. The van der Waals surface area contributed by atoms with Crippen LogP contribution in [-0.2, 0) is 11.3 Å². The summed E-state index contributed by atoms with van der Waals surface area (Å²) in [4.78, 5) is 7.36. The first-order valence-electron chi connectivity index (χ1n) is 8.26. The zero-order valence-corrected chi connectivity index (χ0v) is 14.1. The Bertz CT molecular complexity index is 593. The van der Waals surface area contributed by atoms with Crippen molar-refractivity contribution in [2.75, 3.05) is 38.6 Å². The largest absolute Gasteiger partial charge is 0.380 e. The molecule has 4 nitrogen and oxygen atoms in total. The van der Waals surface area contributed by atoms with Crippen molar-refractivity contribution in [1.29, 1.82) is 0 Å². The van der Waals surface area contributed by atoms with E-state index in [1.807, 2.05) is 18.7 Å². The monoisotopic (exact) mass is 319 g/mol. The van der Waals surface area contributed by atoms with Gasteiger partial charge in [-0.05, 0) is 45.0 Å². The van der Waals surface area contributed by atoms with E-state index in [9.17, 15) is 0 Å². The number of hydrogen-bond acceptors (Lipinski definition) is 4. The molecule has 2 aromatic rings. The number of imidazole rings is 1. The lowest BCUT2D eigenvalue weighted by molar-refractivity contribution is 0.138. The normalized spacial score (nSPS) is 15.9. The fourth-order valence-corrected chi connectivity index (χ4v) is 3.99. The van der Waals surface area contributed by atoms with Crippen molar-refractivity contribution < 1.29 is 4.74 Å². The minimum atomic E-state index is 0.747. The van der Waals surface area contributed by atoms with Crippen molar-refractivity contribution in [3.8, 4) is 0 Å². The lowest BCUT2D eigenvalue weighted by Gasteiger charge is -2.14. The molecule has 1 fully saturated rings. The Hall–Kier alpha value is -1.04. The molecule has 0 atom stereocenters. The van der Waals surface area contributed by atoms with Gasteiger partial charge in [0.2, 0.25) is 0 Å². The Balaban J connectivity index is 1.67. The van der Waals surface area contributed by atoms with Gasteiger partial charge in [-0.3, -0.25) is 0 Å². The fourth-order valence-electron chi connectivity index (χ4n) is 2.95. The van der Waals surface area contributed by atoms with Crippen LogP contribution in [0, 0.1) is 0 Å². The summed E-state index contributed by atoms with van der Waals surface area (Å²) in [5, 5.41) is 1.13. The van der Waals surface area contributed by atoms with Gasteiger partial charge in [-0.25, -0.2) is 4.98 Å². The van der Waals surface area contributed by atoms with E-state index in [4.69, 9.17) is 9.72 Å². The molecule has 0 aliphatic carbocycles. The Kier molecular flexibility index (Phi) is 5.76. The van der Waals surface area contributed by atoms with Crippen molar-refractivity contribution in [2.24, 2.45) is 0 Å². The molecule has 1 aromatic heterocycles. The summed E-state index contributed by atoms with van der Waals surface area (Å²) in [6.07, 6.45) is 2.72. The second-order valence-corrected chi connectivity index (χ2v) is 6.69. The van der Waals surface area contributed by atoms with Crippen molar-refractivity contribution in [3.05, 3.63) is 24.3 Å². The molecule has 1 saturated heterocycles. The van der Waals surface area contributed by atoms with Gasteiger partial charge in [-0.1, -0.05) is 23.9 Å². The molecule has 22 heavy (non-hydrogen) atoms. The maximum atomic E-state index is 5.53. The average Bonchev–Trinajstić information content (AvgIpc) is 3.16. The molecule has 0 N–H and O–H groups in total. The maximum absolute atomic E-state index is 5.53. The molecule has 1 aliphatic rings. The standard InChI is InChI=1S/C17H25N3OS/c1-2-21-13-11-20-16-8-4-3-7-15(16)18-17(20)22-14-12-19-9-5-6-10-19/h3-4,7-8H,2,5-6,9-14H2,1H3. The molecule has 1 aliphatic heterocycles. The molecule has 0 unspecified atom stereocenters. The van der Waals surface area contributed by atoms with Gasteiger partial charge in [-0.2, -0.15) is 0 Å². The number of benzene rings is 1. The first-order chi connectivity index (χ1) is 10.9. The number of fused-ring (bicyclic) bond motifs is 1. The molecule has 0 bridgehead atoms. The zero-order valence-electron chi connectivity index (χ0n) is 13.3. The van der Waals surface area contributed by atoms with E-state index in [1.165, 1.54) is 38.0 Å².